The fraction of sp³-hybridized carbons (Fsp3) is 0.105. The summed E-state index contributed by atoms with van der Waals surface area (Å²) in [6, 6.07) is 13.4. The van der Waals surface area contributed by atoms with E-state index in [2.05, 4.69) is 4.74 Å². The van der Waals surface area contributed by atoms with Gasteiger partial charge in [-0.1, -0.05) is 18.2 Å². The zero-order valence-electron chi connectivity index (χ0n) is 13.7. The molecule has 4 rings (SSSR count). The topological polar surface area (TPSA) is 91.6 Å². The third-order valence-corrected chi connectivity index (χ3v) is 4.09. The molecule has 7 heteroatoms. The number of esters is 1. The molecule has 7 nitrogen and oxygen atoms in total. The maximum Gasteiger partial charge on any atom is 0.420 e. The molecular formula is C19H13NO6. The Bertz CT molecular complexity index is 1180. The van der Waals surface area contributed by atoms with Crippen LogP contribution in [0, 0.1) is 0 Å². The molecule has 4 aromatic rings. The van der Waals surface area contributed by atoms with Gasteiger partial charge in [0.15, 0.2) is 11.3 Å². The van der Waals surface area contributed by atoms with Crippen LogP contribution in [-0.4, -0.2) is 23.4 Å². The van der Waals surface area contributed by atoms with Gasteiger partial charge in [0.2, 0.25) is 5.78 Å². The van der Waals surface area contributed by atoms with Gasteiger partial charge in [0, 0.05) is 5.39 Å². The van der Waals surface area contributed by atoms with Crippen molar-refractivity contribution in [3.05, 3.63) is 70.4 Å². The van der Waals surface area contributed by atoms with Gasteiger partial charge in [-0.15, -0.1) is 0 Å². The quantitative estimate of drug-likeness (QED) is 0.415. The van der Waals surface area contributed by atoms with Crippen LogP contribution in [-0.2, 0) is 11.3 Å². The molecule has 0 aliphatic heterocycles. The van der Waals surface area contributed by atoms with Crippen molar-refractivity contribution in [3.8, 4) is 0 Å². The van der Waals surface area contributed by atoms with Crippen LogP contribution >= 0.6 is 0 Å². The third kappa shape index (κ3) is 2.59. The van der Waals surface area contributed by atoms with Crippen molar-refractivity contribution in [2.24, 2.45) is 0 Å². The van der Waals surface area contributed by atoms with E-state index < -0.39 is 11.7 Å². The molecule has 0 atom stereocenters. The highest BCUT2D eigenvalue weighted by molar-refractivity contribution is 5.98. The number of hydrogen-bond acceptors (Lipinski definition) is 6. The van der Waals surface area contributed by atoms with Crippen molar-refractivity contribution in [3.63, 3.8) is 0 Å². The number of carbonyl (C=O) groups is 2. The summed E-state index contributed by atoms with van der Waals surface area (Å²) in [5, 5.41) is 0.808. The number of furan rings is 1. The zero-order chi connectivity index (χ0) is 18.3. The van der Waals surface area contributed by atoms with Crippen molar-refractivity contribution in [1.29, 1.82) is 0 Å². The molecular weight excluding hydrogens is 338 g/mol. The predicted molar refractivity (Wildman–Crippen MR) is 92.4 cm³/mol. The second kappa shape index (κ2) is 6.03. The summed E-state index contributed by atoms with van der Waals surface area (Å²) in [5.74, 6) is -1.42. The van der Waals surface area contributed by atoms with Gasteiger partial charge in [-0.3, -0.25) is 9.36 Å². The minimum absolute atomic E-state index is 0.165. The van der Waals surface area contributed by atoms with Crippen LogP contribution in [0.15, 0.2) is 62.2 Å². The van der Waals surface area contributed by atoms with Gasteiger partial charge < -0.3 is 13.6 Å². The second-order valence-corrected chi connectivity index (χ2v) is 5.70. The molecule has 0 N–H and O–H groups in total. The van der Waals surface area contributed by atoms with Gasteiger partial charge >= 0.3 is 11.7 Å². The van der Waals surface area contributed by atoms with E-state index in [4.69, 9.17) is 8.83 Å². The highest BCUT2D eigenvalue weighted by Crippen LogP contribution is 2.21. The minimum atomic E-state index is -0.688. The monoisotopic (exact) mass is 351 g/mol. The number of hydrogen-bond donors (Lipinski definition) is 0. The summed E-state index contributed by atoms with van der Waals surface area (Å²) in [6.07, 6.45) is 0. The lowest BCUT2D eigenvalue weighted by atomic mass is 10.2. The number of aromatic nitrogens is 1. The number of ketones is 1. The molecule has 0 amide bonds. The Balaban J connectivity index is 1.70. The Labute approximate surface area is 146 Å². The number of Topliss-reactive ketones (excluding diaryl/α,β-unsaturated/α-hetero) is 1. The number of para-hydroxylation sites is 1. The maximum atomic E-state index is 12.5. The van der Waals surface area contributed by atoms with Crippen LogP contribution in [0.25, 0.3) is 22.1 Å². The Morgan fingerprint density at radius 3 is 2.62 bits per heavy atom. The van der Waals surface area contributed by atoms with E-state index in [1.807, 2.05) is 18.2 Å². The van der Waals surface area contributed by atoms with Gasteiger partial charge in [0.1, 0.15) is 5.58 Å². The summed E-state index contributed by atoms with van der Waals surface area (Å²) in [7, 11) is 1.26. The molecule has 26 heavy (non-hydrogen) atoms. The first-order valence-electron chi connectivity index (χ1n) is 7.80. The number of methoxy groups -OCH3 is 1. The highest BCUT2D eigenvalue weighted by atomic mass is 16.5. The van der Waals surface area contributed by atoms with Gasteiger partial charge in [0.25, 0.3) is 0 Å². The average molecular weight is 351 g/mol. The van der Waals surface area contributed by atoms with E-state index in [0.717, 1.165) is 5.39 Å². The molecule has 0 aliphatic carbocycles. The Hall–Kier alpha value is -3.61. The van der Waals surface area contributed by atoms with Gasteiger partial charge in [0.05, 0.1) is 24.7 Å². The second-order valence-electron chi connectivity index (χ2n) is 5.70. The average Bonchev–Trinajstić information content (AvgIpc) is 3.22. The molecule has 0 spiro atoms. The maximum absolute atomic E-state index is 12.5. The summed E-state index contributed by atoms with van der Waals surface area (Å²) in [5.41, 5.74) is 1.47. The minimum Gasteiger partial charge on any atom is -0.465 e. The Kier molecular flexibility index (Phi) is 3.69. The lowest BCUT2D eigenvalue weighted by molar-refractivity contribution is 0.0600. The third-order valence-electron chi connectivity index (χ3n) is 4.09. The molecule has 2 heterocycles. The van der Waals surface area contributed by atoms with Crippen LogP contribution in [0.3, 0.4) is 0 Å². The summed E-state index contributed by atoms with van der Waals surface area (Å²) < 4.78 is 16.5. The first kappa shape index (κ1) is 15.9. The number of nitrogens with zero attached hydrogens (tertiary/aromatic N) is 1. The van der Waals surface area contributed by atoms with Crippen molar-refractivity contribution >= 4 is 33.8 Å². The van der Waals surface area contributed by atoms with E-state index >= 15 is 0 Å². The zero-order valence-corrected chi connectivity index (χ0v) is 13.7. The predicted octanol–water partition coefficient (Wildman–Crippen LogP) is 3.01. The van der Waals surface area contributed by atoms with E-state index in [-0.39, 0.29) is 29.2 Å². The van der Waals surface area contributed by atoms with Crippen LogP contribution < -0.4 is 5.76 Å². The van der Waals surface area contributed by atoms with Crippen LogP contribution in [0.2, 0.25) is 0 Å². The first-order valence-corrected chi connectivity index (χ1v) is 7.80. The molecule has 0 unspecified atom stereocenters. The number of rotatable bonds is 4. The number of fused-ring (bicyclic) bond motifs is 2. The molecule has 0 aliphatic rings. The molecule has 0 fully saturated rings. The number of carbonyl (C=O) groups excluding carboxylic acids is 2. The molecule has 2 aromatic carbocycles. The fourth-order valence-electron chi connectivity index (χ4n) is 2.80. The lowest BCUT2D eigenvalue weighted by Gasteiger charge is -2.01. The van der Waals surface area contributed by atoms with Crippen molar-refractivity contribution in [2.75, 3.05) is 7.11 Å². The largest absolute Gasteiger partial charge is 0.465 e. The normalized spacial score (nSPS) is 11.1. The lowest BCUT2D eigenvalue weighted by Crippen LogP contribution is -2.19. The summed E-state index contributed by atoms with van der Waals surface area (Å²) in [6.45, 7) is -0.233. The summed E-state index contributed by atoms with van der Waals surface area (Å²) >= 11 is 0. The van der Waals surface area contributed by atoms with Gasteiger partial charge in [-0.05, 0) is 30.3 Å². The fourth-order valence-corrected chi connectivity index (χ4v) is 2.80. The first-order chi connectivity index (χ1) is 12.6. The van der Waals surface area contributed by atoms with Crippen LogP contribution in [0.1, 0.15) is 20.9 Å². The summed E-state index contributed by atoms with van der Waals surface area (Å²) in [4.78, 5) is 36.2. The van der Waals surface area contributed by atoms with Crippen molar-refractivity contribution in [1.82, 2.24) is 4.57 Å². The van der Waals surface area contributed by atoms with Gasteiger partial charge in [-0.25, -0.2) is 9.59 Å². The van der Waals surface area contributed by atoms with E-state index in [0.29, 0.717) is 11.1 Å². The number of ether oxygens (including phenoxy) is 1. The molecule has 0 radical (unpaired) electrons. The molecule has 2 aromatic heterocycles. The molecule has 0 saturated heterocycles. The molecule has 130 valence electrons. The van der Waals surface area contributed by atoms with Crippen molar-refractivity contribution < 1.29 is 23.2 Å². The van der Waals surface area contributed by atoms with E-state index in [1.165, 1.54) is 23.8 Å². The number of benzene rings is 2. The van der Waals surface area contributed by atoms with Gasteiger partial charge in [-0.2, -0.15) is 0 Å². The van der Waals surface area contributed by atoms with Crippen molar-refractivity contribution in [2.45, 2.75) is 6.54 Å². The Morgan fingerprint density at radius 2 is 1.85 bits per heavy atom. The van der Waals surface area contributed by atoms with Crippen LogP contribution in [0.5, 0.6) is 0 Å². The molecule has 0 saturated carbocycles. The highest BCUT2D eigenvalue weighted by Gasteiger charge is 2.18. The molecule has 0 bridgehead atoms. The van der Waals surface area contributed by atoms with E-state index in [9.17, 15) is 14.4 Å². The Morgan fingerprint density at radius 1 is 1.04 bits per heavy atom. The van der Waals surface area contributed by atoms with Crippen LogP contribution in [0.4, 0.5) is 0 Å². The van der Waals surface area contributed by atoms with E-state index in [1.54, 1.807) is 18.2 Å². The smallest absolute Gasteiger partial charge is 0.420 e. The standard InChI is InChI=1S/C19H13NO6/c1-24-18(22)12-6-7-13-16(9-12)26-19(23)20(13)10-14(21)17-8-11-4-2-3-5-15(11)25-17/h2-9H,10H2,1H3. The SMILES string of the molecule is COC(=O)c1ccc2c(c1)oc(=O)n2CC(=O)c1cc2ccccc2o1. The number of oxazole rings is 1.